The van der Waals surface area contributed by atoms with Gasteiger partial charge < -0.3 is 9.55 Å². The molecule has 0 spiro atoms. The van der Waals surface area contributed by atoms with E-state index in [1.165, 1.54) is 30.5 Å². The van der Waals surface area contributed by atoms with Crippen LogP contribution in [0.5, 0.6) is 0 Å². The number of aromatic amines is 1. The van der Waals surface area contributed by atoms with Crippen molar-refractivity contribution in [3.8, 4) is 11.3 Å². The Kier molecular flexibility index (Phi) is 3.80. The van der Waals surface area contributed by atoms with E-state index in [0.29, 0.717) is 6.04 Å². The molecular formula is C15H18N2S2. The zero-order valence-corrected chi connectivity index (χ0v) is 12.6. The second-order valence-electron chi connectivity index (χ2n) is 5.04. The van der Waals surface area contributed by atoms with E-state index in [1.54, 1.807) is 0 Å². The third-order valence-corrected chi connectivity index (χ3v) is 5.34. The minimum Gasteiger partial charge on any atom is -0.337 e. The van der Waals surface area contributed by atoms with Crippen molar-refractivity contribution in [1.29, 1.82) is 0 Å². The van der Waals surface area contributed by atoms with Crippen LogP contribution in [0.1, 0.15) is 25.3 Å². The summed E-state index contributed by atoms with van der Waals surface area (Å²) < 4.78 is 3.17. The van der Waals surface area contributed by atoms with Gasteiger partial charge in [-0.2, -0.15) is 11.8 Å². The normalized spacial score (nSPS) is 22.8. The summed E-state index contributed by atoms with van der Waals surface area (Å²) in [7, 11) is 0. The largest absolute Gasteiger partial charge is 0.337 e. The molecule has 2 atom stereocenters. The van der Waals surface area contributed by atoms with E-state index < -0.39 is 0 Å². The Morgan fingerprint density at radius 3 is 2.74 bits per heavy atom. The fourth-order valence-corrected chi connectivity index (χ4v) is 4.03. The van der Waals surface area contributed by atoms with Crippen molar-refractivity contribution < 1.29 is 0 Å². The highest BCUT2D eigenvalue weighted by atomic mass is 32.2. The number of rotatable bonds is 3. The SMILES string of the molecule is CSC1CCC(n2c(-c3ccccc3)c[nH]c2=S)C1. The molecule has 0 aliphatic heterocycles. The maximum atomic E-state index is 5.48. The van der Waals surface area contributed by atoms with Crippen LogP contribution < -0.4 is 0 Å². The predicted molar refractivity (Wildman–Crippen MR) is 85.2 cm³/mol. The molecule has 2 unspecified atom stereocenters. The molecule has 1 aliphatic rings. The lowest BCUT2D eigenvalue weighted by atomic mass is 10.1. The van der Waals surface area contributed by atoms with Gasteiger partial charge in [0, 0.05) is 17.5 Å². The summed E-state index contributed by atoms with van der Waals surface area (Å²) in [6.45, 7) is 0. The van der Waals surface area contributed by atoms with Crippen molar-refractivity contribution in [2.45, 2.75) is 30.6 Å². The summed E-state index contributed by atoms with van der Waals surface area (Å²) in [5.41, 5.74) is 2.46. The highest BCUT2D eigenvalue weighted by Gasteiger charge is 2.27. The standard InChI is InChI=1S/C15H18N2S2/c1-19-13-8-7-12(9-13)17-14(10-16-15(17)18)11-5-3-2-4-6-11/h2-6,10,12-13H,7-9H2,1H3,(H,16,18). The lowest BCUT2D eigenvalue weighted by Crippen LogP contribution is -2.08. The summed E-state index contributed by atoms with van der Waals surface area (Å²) in [4.78, 5) is 3.22. The predicted octanol–water partition coefficient (Wildman–Crippen LogP) is 4.67. The molecule has 0 saturated heterocycles. The molecule has 100 valence electrons. The first kappa shape index (κ1) is 13.0. The molecule has 2 nitrogen and oxygen atoms in total. The Labute approximate surface area is 123 Å². The number of nitrogens with one attached hydrogen (secondary N) is 1. The highest BCUT2D eigenvalue weighted by molar-refractivity contribution is 7.99. The lowest BCUT2D eigenvalue weighted by Gasteiger charge is -2.16. The van der Waals surface area contributed by atoms with Crippen LogP contribution in [-0.2, 0) is 0 Å². The molecule has 0 amide bonds. The number of H-pyrrole nitrogens is 1. The van der Waals surface area contributed by atoms with Crippen LogP contribution in [0, 0.1) is 4.77 Å². The second kappa shape index (κ2) is 5.55. The van der Waals surface area contributed by atoms with Gasteiger partial charge in [-0.3, -0.25) is 0 Å². The van der Waals surface area contributed by atoms with Crippen LogP contribution in [0.25, 0.3) is 11.3 Å². The van der Waals surface area contributed by atoms with E-state index in [4.69, 9.17) is 12.2 Å². The van der Waals surface area contributed by atoms with Gasteiger partial charge in [-0.15, -0.1) is 0 Å². The summed E-state index contributed by atoms with van der Waals surface area (Å²) in [6, 6.07) is 11.1. The summed E-state index contributed by atoms with van der Waals surface area (Å²) in [5.74, 6) is 0. The third-order valence-electron chi connectivity index (χ3n) is 3.94. The van der Waals surface area contributed by atoms with Gasteiger partial charge >= 0.3 is 0 Å². The molecule has 1 aliphatic carbocycles. The van der Waals surface area contributed by atoms with E-state index in [0.717, 1.165) is 10.0 Å². The first-order valence-electron chi connectivity index (χ1n) is 6.67. The van der Waals surface area contributed by atoms with E-state index in [9.17, 15) is 0 Å². The van der Waals surface area contributed by atoms with Gasteiger partial charge in [0.1, 0.15) is 0 Å². The molecule has 1 saturated carbocycles. The molecule has 19 heavy (non-hydrogen) atoms. The van der Waals surface area contributed by atoms with Gasteiger partial charge in [0.15, 0.2) is 4.77 Å². The maximum Gasteiger partial charge on any atom is 0.177 e. The highest BCUT2D eigenvalue weighted by Crippen LogP contribution is 2.38. The Hall–Kier alpha value is -1.00. The Morgan fingerprint density at radius 2 is 2.05 bits per heavy atom. The monoisotopic (exact) mass is 290 g/mol. The summed E-state index contributed by atoms with van der Waals surface area (Å²) >= 11 is 7.47. The van der Waals surface area contributed by atoms with Gasteiger partial charge in [0.2, 0.25) is 0 Å². The zero-order chi connectivity index (χ0) is 13.2. The third kappa shape index (κ3) is 2.51. The molecule has 1 heterocycles. The molecule has 4 heteroatoms. The van der Waals surface area contributed by atoms with Crippen molar-refractivity contribution in [3.05, 3.63) is 41.3 Å². The Bertz CT molecular complexity index is 600. The van der Waals surface area contributed by atoms with Crippen molar-refractivity contribution in [2.24, 2.45) is 0 Å². The molecule has 1 N–H and O–H groups in total. The number of imidazole rings is 1. The van der Waals surface area contributed by atoms with E-state index in [-0.39, 0.29) is 0 Å². The van der Waals surface area contributed by atoms with Crippen molar-refractivity contribution in [3.63, 3.8) is 0 Å². The van der Waals surface area contributed by atoms with Crippen LogP contribution in [0.15, 0.2) is 36.5 Å². The zero-order valence-electron chi connectivity index (χ0n) is 11.0. The molecule has 3 rings (SSSR count). The molecule has 1 aromatic carbocycles. The van der Waals surface area contributed by atoms with Gasteiger partial charge in [-0.25, -0.2) is 0 Å². The Balaban J connectivity index is 1.98. The van der Waals surface area contributed by atoms with Crippen LogP contribution >= 0.6 is 24.0 Å². The minimum absolute atomic E-state index is 0.548. The summed E-state index contributed by atoms with van der Waals surface area (Å²) in [5, 5.41) is 0.783. The smallest absolute Gasteiger partial charge is 0.177 e. The van der Waals surface area contributed by atoms with Crippen molar-refractivity contribution in [1.82, 2.24) is 9.55 Å². The fraction of sp³-hybridized carbons (Fsp3) is 0.400. The number of thioether (sulfide) groups is 1. The topological polar surface area (TPSA) is 20.7 Å². The van der Waals surface area contributed by atoms with Gasteiger partial charge in [0.25, 0.3) is 0 Å². The summed E-state index contributed by atoms with van der Waals surface area (Å²) in [6.07, 6.45) is 8.02. The fourth-order valence-electron chi connectivity index (χ4n) is 2.94. The molecule has 1 aromatic heterocycles. The first-order chi connectivity index (χ1) is 9.29. The molecule has 1 fully saturated rings. The van der Waals surface area contributed by atoms with Crippen LogP contribution in [0.3, 0.4) is 0 Å². The van der Waals surface area contributed by atoms with Gasteiger partial charge in [-0.1, -0.05) is 30.3 Å². The van der Waals surface area contributed by atoms with Crippen molar-refractivity contribution >= 4 is 24.0 Å². The van der Waals surface area contributed by atoms with Crippen molar-refractivity contribution in [2.75, 3.05) is 6.26 Å². The van der Waals surface area contributed by atoms with Crippen LogP contribution in [0.2, 0.25) is 0 Å². The Morgan fingerprint density at radius 1 is 1.26 bits per heavy atom. The van der Waals surface area contributed by atoms with Gasteiger partial charge in [-0.05, 0) is 43.3 Å². The number of hydrogen-bond acceptors (Lipinski definition) is 2. The molecule has 2 aromatic rings. The van der Waals surface area contributed by atoms with Crippen LogP contribution in [-0.4, -0.2) is 21.1 Å². The first-order valence-corrected chi connectivity index (χ1v) is 8.37. The second-order valence-corrected chi connectivity index (χ2v) is 6.56. The van der Waals surface area contributed by atoms with E-state index >= 15 is 0 Å². The minimum atomic E-state index is 0.548. The lowest BCUT2D eigenvalue weighted by molar-refractivity contribution is 0.518. The van der Waals surface area contributed by atoms with Gasteiger partial charge in [0.05, 0.1) is 5.69 Å². The number of aromatic nitrogens is 2. The maximum absolute atomic E-state index is 5.48. The average molecular weight is 290 g/mol. The molecule has 0 radical (unpaired) electrons. The molecular weight excluding hydrogens is 272 g/mol. The number of benzene rings is 1. The average Bonchev–Trinajstić information content (AvgIpc) is 3.05. The number of hydrogen-bond donors (Lipinski definition) is 1. The quantitative estimate of drug-likeness (QED) is 0.829. The number of nitrogens with zero attached hydrogens (tertiary/aromatic N) is 1. The van der Waals surface area contributed by atoms with Crippen LogP contribution in [0.4, 0.5) is 0 Å². The molecule has 0 bridgehead atoms. The van der Waals surface area contributed by atoms with E-state index in [1.807, 2.05) is 18.0 Å². The van der Waals surface area contributed by atoms with E-state index in [2.05, 4.69) is 46.1 Å².